The van der Waals surface area contributed by atoms with Crippen LogP contribution in [0, 0.1) is 6.92 Å². The molecular formula is C23H22BrNO4. The van der Waals surface area contributed by atoms with Crippen molar-refractivity contribution in [2.45, 2.75) is 38.0 Å². The van der Waals surface area contributed by atoms with Crippen molar-refractivity contribution in [1.82, 2.24) is 5.32 Å². The highest BCUT2D eigenvalue weighted by molar-refractivity contribution is 9.10. The monoisotopic (exact) mass is 455 g/mol. The van der Waals surface area contributed by atoms with Gasteiger partial charge in [-0.05, 0) is 58.5 Å². The first-order valence-corrected chi connectivity index (χ1v) is 10.4. The first-order chi connectivity index (χ1) is 13.9. The van der Waals surface area contributed by atoms with Crippen LogP contribution in [0.2, 0.25) is 0 Å². The van der Waals surface area contributed by atoms with E-state index in [0.717, 1.165) is 16.8 Å². The second-order valence-electron chi connectivity index (χ2n) is 7.69. The van der Waals surface area contributed by atoms with E-state index >= 15 is 0 Å². The first kappa shape index (κ1) is 19.7. The SMILES string of the molecule is COc1cc(C2CC(=O)NC3=C2C(=O)CC(c2ccc(C)cc2)C3)cc(Br)c1O. The Morgan fingerprint density at radius 2 is 1.79 bits per heavy atom. The molecule has 150 valence electrons. The Labute approximate surface area is 177 Å². The van der Waals surface area contributed by atoms with Crippen molar-refractivity contribution in [3.63, 3.8) is 0 Å². The number of ether oxygens (including phenoxy) is 1. The summed E-state index contributed by atoms with van der Waals surface area (Å²) in [5.74, 6) is -0.0271. The molecule has 0 radical (unpaired) electrons. The van der Waals surface area contributed by atoms with E-state index in [0.29, 0.717) is 28.6 Å². The lowest BCUT2D eigenvalue weighted by molar-refractivity contribution is -0.122. The molecule has 2 unspecified atom stereocenters. The lowest BCUT2D eigenvalue weighted by atomic mass is 9.73. The van der Waals surface area contributed by atoms with Crippen molar-refractivity contribution in [3.05, 3.63) is 68.8 Å². The molecule has 1 aliphatic heterocycles. The molecule has 0 saturated heterocycles. The van der Waals surface area contributed by atoms with Crippen LogP contribution in [-0.4, -0.2) is 23.9 Å². The Morgan fingerprint density at radius 1 is 1.07 bits per heavy atom. The molecule has 0 fully saturated rings. The number of amides is 1. The minimum absolute atomic E-state index is 0.000111. The summed E-state index contributed by atoms with van der Waals surface area (Å²) in [6.45, 7) is 2.03. The third kappa shape index (κ3) is 3.69. The molecule has 4 rings (SSSR count). The third-order valence-electron chi connectivity index (χ3n) is 5.76. The average molecular weight is 456 g/mol. The van der Waals surface area contributed by atoms with E-state index in [1.807, 2.05) is 19.1 Å². The molecule has 5 nitrogen and oxygen atoms in total. The number of methoxy groups -OCH3 is 1. The molecule has 0 bridgehead atoms. The number of aromatic hydroxyl groups is 1. The van der Waals surface area contributed by atoms with E-state index in [1.54, 1.807) is 12.1 Å². The maximum Gasteiger partial charge on any atom is 0.225 e. The molecule has 0 saturated carbocycles. The van der Waals surface area contributed by atoms with Gasteiger partial charge in [0, 0.05) is 30.0 Å². The van der Waals surface area contributed by atoms with Gasteiger partial charge in [0.15, 0.2) is 17.3 Å². The molecule has 2 N–H and O–H groups in total. The Hall–Kier alpha value is -2.60. The molecule has 29 heavy (non-hydrogen) atoms. The van der Waals surface area contributed by atoms with Crippen LogP contribution in [0.5, 0.6) is 11.5 Å². The number of nitrogens with one attached hydrogen (secondary N) is 1. The molecule has 2 atom stereocenters. The lowest BCUT2D eigenvalue weighted by Crippen LogP contribution is -2.38. The second kappa shape index (κ2) is 7.67. The fraction of sp³-hybridized carbons (Fsp3) is 0.304. The molecule has 2 aromatic carbocycles. The van der Waals surface area contributed by atoms with Crippen LogP contribution >= 0.6 is 15.9 Å². The van der Waals surface area contributed by atoms with E-state index in [1.165, 1.54) is 12.7 Å². The second-order valence-corrected chi connectivity index (χ2v) is 8.54. The summed E-state index contributed by atoms with van der Waals surface area (Å²) >= 11 is 3.34. The zero-order valence-electron chi connectivity index (χ0n) is 16.3. The molecule has 1 amide bonds. The van der Waals surface area contributed by atoms with E-state index in [-0.39, 0.29) is 35.7 Å². The number of carbonyl (C=O) groups excluding carboxylic acids is 2. The number of carbonyl (C=O) groups is 2. The zero-order chi connectivity index (χ0) is 20.7. The van der Waals surface area contributed by atoms with Crippen molar-refractivity contribution in [2.75, 3.05) is 7.11 Å². The van der Waals surface area contributed by atoms with Gasteiger partial charge in [0.2, 0.25) is 5.91 Å². The highest BCUT2D eigenvalue weighted by Crippen LogP contribution is 2.45. The minimum Gasteiger partial charge on any atom is -0.503 e. The van der Waals surface area contributed by atoms with Gasteiger partial charge in [0.05, 0.1) is 11.6 Å². The summed E-state index contributed by atoms with van der Waals surface area (Å²) in [5, 5.41) is 13.0. The van der Waals surface area contributed by atoms with Crippen LogP contribution in [-0.2, 0) is 9.59 Å². The van der Waals surface area contributed by atoms with Crippen LogP contribution in [0.3, 0.4) is 0 Å². The topological polar surface area (TPSA) is 75.6 Å². The van der Waals surface area contributed by atoms with Crippen LogP contribution in [0.25, 0.3) is 0 Å². The van der Waals surface area contributed by atoms with Crippen LogP contribution < -0.4 is 10.1 Å². The predicted molar refractivity (Wildman–Crippen MR) is 113 cm³/mol. The summed E-state index contributed by atoms with van der Waals surface area (Å²) in [7, 11) is 1.47. The van der Waals surface area contributed by atoms with Gasteiger partial charge in [-0.3, -0.25) is 9.59 Å². The van der Waals surface area contributed by atoms with Crippen LogP contribution in [0.4, 0.5) is 0 Å². The predicted octanol–water partition coefficient (Wildman–Crippen LogP) is 4.48. The minimum atomic E-state index is -0.351. The van der Waals surface area contributed by atoms with Gasteiger partial charge >= 0.3 is 0 Å². The number of hydrogen-bond donors (Lipinski definition) is 2. The lowest BCUT2D eigenvalue weighted by Gasteiger charge is -2.34. The molecule has 1 heterocycles. The van der Waals surface area contributed by atoms with Gasteiger partial charge in [-0.25, -0.2) is 0 Å². The van der Waals surface area contributed by atoms with Crippen molar-refractivity contribution in [2.24, 2.45) is 0 Å². The van der Waals surface area contributed by atoms with Gasteiger partial charge < -0.3 is 15.2 Å². The fourth-order valence-corrected chi connectivity index (χ4v) is 4.73. The van der Waals surface area contributed by atoms with E-state index < -0.39 is 0 Å². The molecule has 0 spiro atoms. The number of hydrogen-bond acceptors (Lipinski definition) is 4. The zero-order valence-corrected chi connectivity index (χ0v) is 17.9. The van der Waals surface area contributed by atoms with E-state index in [4.69, 9.17) is 4.74 Å². The van der Waals surface area contributed by atoms with E-state index in [9.17, 15) is 14.7 Å². The van der Waals surface area contributed by atoms with Gasteiger partial charge in [-0.1, -0.05) is 29.8 Å². The van der Waals surface area contributed by atoms with E-state index in [2.05, 4.69) is 33.4 Å². The Bertz CT molecular complexity index is 1030. The summed E-state index contributed by atoms with van der Waals surface area (Å²) in [6, 6.07) is 11.7. The maximum absolute atomic E-state index is 13.2. The number of Topliss-reactive ketones (excluding diaryl/α,β-unsaturated/α-hetero) is 1. The number of aryl methyl sites for hydroxylation is 1. The standard InChI is InChI=1S/C23H22BrNO4/c1-12-3-5-13(6-4-12)14-8-18-22(19(26)9-14)16(11-21(27)25-18)15-7-17(24)23(28)20(10-15)29-2/h3-7,10,14,16,28H,8-9,11H2,1-2H3,(H,25,27). The molecule has 1 aliphatic carbocycles. The van der Waals surface area contributed by atoms with Gasteiger partial charge in [-0.15, -0.1) is 0 Å². The normalized spacial score (nSPS) is 21.6. The number of phenols is 1. The van der Waals surface area contributed by atoms with Gasteiger partial charge in [0.25, 0.3) is 0 Å². The number of benzene rings is 2. The molecular weight excluding hydrogens is 434 g/mol. The van der Waals surface area contributed by atoms with Crippen molar-refractivity contribution in [3.8, 4) is 11.5 Å². The highest BCUT2D eigenvalue weighted by Gasteiger charge is 2.38. The number of ketones is 1. The molecule has 6 heteroatoms. The van der Waals surface area contributed by atoms with Crippen LogP contribution in [0.1, 0.15) is 47.8 Å². The number of halogens is 1. The highest BCUT2D eigenvalue weighted by atomic mass is 79.9. The number of allylic oxidation sites excluding steroid dienone is 2. The quantitative estimate of drug-likeness (QED) is 0.715. The summed E-state index contributed by atoms with van der Waals surface area (Å²) in [5.41, 5.74) is 4.45. The molecule has 0 aromatic heterocycles. The van der Waals surface area contributed by atoms with Crippen LogP contribution in [0.15, 0.2) is 52.1 Å². The summed E-state index contributed by atoms with van der Waals surface area (Å²) in [6.07, 6.45) is 1.24. The first-order valence-electron chi connectivity index (χ1n) is 9.56. The van der Waals surface area contributed by atoms with Crippen molar-refractivity contribution in [1.29, 1.82) is 0 Å². The third-order valence-corrected chi connectivity index (χ3v) is 6.36. The molecule has 2 aliphatic rings. The largest absolute Gasteiger partial charge is 0.503 e. The van der Waals surface area contributed by atoms with Gasteiger partial charge in [-0.2, -0.15) is 0 Å². The summed E-state index contributed by atoms with van der Waals surface area (Å²) < 4.78 is 5.72. The molecule has 2 aromatic rings. The Balaban J connectivity index is 1.74. The maximum atomic E-state index is 13.2. The Kier molecular flexibility index (Phi) is 5.21. The Morgan fingerprint density at radius 3 is 2.48 bits per heavy atom. The van der Waals surface area contributed by atoms with Gasteiger partial charge in [0.1, 0.15) is 0 Å². The summed E-state index contributed by atoms with van der Waals surface area (Å²) in [4.78, 5) is 25.6. The number of phenolic OH excluding ortho intramolecular Hbond substituents is 1. The smallest absolute Gasteiger partial charge is 0.225 e. The fourth-order valence-electron chi connectivity index (χ4n) is 4.27. The van der Waals surface area contributed by atoms with Crippen molar-refractivity contribution < 1.29 is 19.4 Å². The van der Waals surface area contributed by atoms with Crippen molar-refractivity contribution >= 4 is 27.6 Å². The average Bonchev–Trinajstić information content (AvgIpc) is 2.69. The number of rotatable bonds is 3.